The molecule has 6 heteroatoms. The number of alkyl halides is 3. The Morgan fingerprint density at radius 3 is 2.41 bits per heavy atom. The average Bonchev–Trinajstić information content (AvgIpc) is 3.28. The van der Waals surface area contributed by atoms with E-state index < -0.39 is 11.9 Å². The standard InChI is InChI=1S/C23H18F3N3/c24-23(25,26)20-15-27-22-21-18(12-14-29(20)22)17-10-4-5-11-19(17)28(21)13-6-9-16-7-2-1-3-8-16/h1-5,7-8,10-12,14-15H,6,9,13H2. The molecule has 0 amide bonds. The maximum absolute atomic E-state index is 13.4. The van der Waals surface area contributed by atoms with E-state index in [0.29, 0.717) is 12.2 Å². The van der Waals surface area contributed by atoms with Gasteiger partial charge in [0.1, 0.15) is 5.69 Å². The summed E-state index contributed by atoms with van der Waals surface area (Å²) in [6.45, 7) is 0.701. The fraction of sp³-hybridized carbons (Fsp3) is 0.174. The lowest BCUT2D eigenvalue weighted by Crippen LogP contribution is -2.09. The molecule has 2 aromatic carbocycles. The molecule has 0 aliphatic heterocycles. The minimum atomic E-state index is -4.45. The Kier molecular flexibility index (Phi) is 4.08. The van der Waals surface area contributed by atoms with E-state index in [0.717, 1.165) is 45.2 Å². The molecule has 0 spiro atoms. The lowest BCUT2D eigenvalue weighted by atomic mass is 10.1. The van der Waals surface area contributed by atoms with Crippen LogP contribution in [0.2, 0.25) is 0 Å². The number of benzene rings is 2. The van der Waals surface area contributed by atoms with Crippen LogP contribution in [0.3, 0.4) is 0 Å². The molecule has 0 unspecified atom stereocenters. The molecule has 0 aliphatic rings. The molecule has 0 aliphatic carbocycles. The average molecular weight is 393 g/mol. The van der Waals surface area contributed by atoms with Crippen molar-refractivity contribution in [2.24, 2.45) is 0 Å². The van der Waals surface area contributed by atoms with Crippen molar-refractivity contribution in [3.05, 3.63) is 84.3 Å². The molecule has 0 fully saturated rings. The Morgan fingerprint density at radius 2 is 1.62 bits per heavy atom. The van der Waals surface area contributed by atoms with Gasteiger partial charge in [0.2, 0.25) is 0 Å². The summed E-state index contributed by atoms with van der Waals surface area (Å²) in [6, 6.07) is 19.9. The Bertz CT molecular complexity index is 1310. The summed E-state index contributed by atoms with van der Waals surface area (Å²) in [4.78, 5) is 4.16. The van der Waals surface area contributed by atoms with E-state index in [9.17, 15) is 13.2 Å². The predicted octanol–water partition coefficient (Wildman–Crippen LogP) is 6.09. The van der Waals surface area contributed by atoms with Gasteiger partial charge in [0.25, 0.3) is 0 Å². The monoisotopic (exact) mass is 393 g/mol. The van der Waals surface area contributed by atoms with E-state index in [2.05, 4.69) is 21.7 Å². The molecule has 3 heterocycles. The van der Waals surface area contributed by atoms with Gasteiger partial charge in [-0.3, -0.25) is 4.40 Å². The number of para-hydroxylation sites is 1. The van der Waals surface area contributed by atoms with E-state index in [1.807, 2.05) is 42.5 Å². The van der Waals surface area contributed by atoms with Crippen LogP contribution in [0.5, 0.6) is 0 Å². The number of pyridine rings is 1. The molecule has 0 radical (unpaired) electrons. The van der Waals surface area contributed by atoms with Crippen LogP contribution in [-0.2, 0) is 19.1 Å². The number of nitrogens with zero attached hydrogens (tertiary/aromatic N) is 3. The van der Waals surface area contributed by atoms with Crippen molar-refractivity contribution in [3.8, 4) is 0 Å². The summed E-state index contributed by atoms with van der Waals surface area (Å²) < 4.78 is 43.4. The summed E-state index contributed by atoms with van der Waals surface area (Å²) in [5, 5.41) is 1.95. The van der Waals surface area contributed by atoms with Gasteiger partial charge in [-0.05, 0) is 30.5 Å². The molecule has 5 rings (SSSR count). The van der Waals surface area contributed by atoms with E-state index in [4.69, 9.17) is 0 Å². The first-order valence-corrected chi connectivity index (χ1v) is 9.52. The van der Waals surface area contributed by atoms with Crippen LogP contribution in [-0.4, -0.2) is 14.0 Å². The summed E-state index contributed by atoms with van der Waals surface area (Å²) in [6.07, 6.45) is -0.280. The van der Waals surface area contributed by atoms with E-state index in [-0.39, 0.29) is 0 Å². The van der Waals surface area contributed by atoms with Crippen molar-refractivity contribution in [2.45, 2.75) is 25.6 Å². The first kappa shape index (κ1) is 17.8. The first-order valence-electron chi connectivity index (χ1n) is 9.52. The molecule has 146 valence electrons. The van der Waals surface area contributed by atoms with Crippen LogP contribution in [0.1, 0.15) is 17.7 Å². The van der Waals surface area contributed by atoms with Crippen molar-refractivity contribution in [1.29, 1.82) is 0 Å². The smallest absolute Gasteiger partial charge is 0.337 e. The molecule has 3 aromatic heterocycles. The highest BCUT2D eigenvalue weighted by atomic mass is 19.4. The first-order chi connectivity index (χ1) is 14.0. The van der Waals surface area contributed by atoms with Crippen molar-refractivity contribution in [2.75, 3.05) is 0 Å². The second-order valence-electron chi connectivity index (χ2n) is 7.17. The van der Waals surface area contributed by atoms with Crippen LogP contribution in [0, 0.1) is 0 Å². The van der Waals surface area contributed by atoms with Crippen LogP contribution >= 0.6 is 0 Å². The third kappa shape index (κ3) is 2.95. The van der Waals surface area contributed by atoms with Gasteiger partial charge in [0.05, 0.1) is 11.7 Å². The molecular weight excluding hydrogens is 375 g/mol. The van der Waals surface area contributed by atoms with Gasteiger partial charge in [-0.15, -0.1) is 0 Å². The molecule has 29 heavy (non-hydrogen) atoms. The number of hydrogen-bond donors (Lipinski definition) is 0. The van der Waals surface area contributed by atoms with Gasteiger partial charge in [0.15, 0.2) is 5.65 Å². The quantitative estimate of drug-likeness (QED) is 0.362. The number of aromatic nitrogens is 3. The van der Waals surface area contributed by atoms with Crippen molar-refractivity contribution >= 4 is 27.5 Å². The number of hydrogen-bond acceptors (Lipinski definition) is 1. The van der Waals surface area contributed by atoms with E-state index in [1.165, 1.54) is 11.8 Å². The Balaban J connectivity index is 1.66. The molecular formula is C23H18F3N3. The van der Waals surface area contributed by atoms with Gasteiger partial charge in [0, 0.05) is 29.0 Å². The molecule has 0 saturated carbocycles. The Hall–Kier alpha value is -3.28. The number of halogens is 3. The van der Waals surface area contributed by atoms with Gasteiger partial charge in [-0.1, -0.05) is 48.5 Å². The molecule has 0 bridgehead atoms. The van der Waals surface area contributed by atoms with E-state index in [1.54, 1.807) is 6.07 Å². The number of aryl methyl sites for hydroxylation is 2. The van der Waals surface area contributed by atoms with Crippen LogP contribution < -0.4 is 0 Å². The minimum Gasteiger partial charge on any atom is -0.337 e. The zero-order valence-electron chi connectivity index (χ0n) is 15.5. The van der Waals surface area contributed by atoms with Gasteiger partial charge < -0.3 is 4.57 Å². The second kappa shape index (κ2) is 6.65. The summed E-state index contributed by atoms with van der Waals surface area (Å²) in [7, 11) is 0. The molecule has 0 N–H and O–H groups in total. The lowest BCUT2D eigenvalue weighted by molar-refractivity contribution is -0.141. The highest BCUT2D eigenvalue weighted by Crippen LogP contribution is 2.35. The fourth-order valence-corrected chi connectivity index (χ4v) is 4.10. The number of rotatable bonds is 4. The molecule has 5 aromatic rings. The molecule has 0 atom stereocenters. The largest absolute Gasteiger partial charge is 0.433 e. The normalized spacial score (nSPS) is 12.4. The highest BCUT2D eigenvalue weighted by Gasteiger charge is 2.35. The number of imidazole rings is 1. The summed E-state index contributed by atoms with van der Waals surface area (Å²) >= 11 is 0. The van der Waals surface area contributed by atoms with E-state index >= 15 is 0 Å². The molecule has 3 nitrogen and oxygen atoms in total. The Labute approximate surface area is 165 Å². The maximum Gasteiger partial charge on any atom is 0.433 e. The highest BCUT2D eigenvalue weighted by molar-refractivity contribution is 6.12. The topological polar surface area (TPSA) is 22.2 Å². The number of fused-ring (bicyclic) bond motifs is 5. The second-order valence-corrected chi connectivity index (χ2v) is 7.17. The maximum atomic E-state index is 13.4. The summed E-state index contributed by atoms with van der Waals surface area (Å²) in [5.74, 6) is 0. The molecule has 0 saturated heterocycles. The predicted molar refractivity (Wildman–Crippen MR) is 108 cm³/mol. The van der Waals surface area contributed by atoms with Gasteiger partial charge >= 0.3 is 6.18 Å². The minimum absolute atomic E-state index is 0.339. The van der Waals surface area contributed by atoms with Crippen LogP contribution in [0.4, 0.5) is 13.2 Å². The van der Waals surface area contributed by atoms with Gasteiger partial charge in [-0.25, -0.2) is 4.98 Å². The zero-order valence-corrected chi connectivity index (χ0v) is 15.5. The Morgan fingerprint density at radius 1 is 0.862 bits per heavy atom. The van der Waals surface area contributed by atoms with Crippen molar-refractivity contribution < 1.29 is 13.2 Å². The van der Waals surface area contributed by atoms with Crippen molar-refractivity contribution in [3.63, 3.8) is 0 Å². The summed E-state index contributed by atoms with van der Waals surface area (Å²) in [5.41, 5.74) is 2.59. The van der Waals surface area contributed by atoms with Crippen molar-refractivity contribution in [1.82, 2.24) is 14.0 Å². The fourth-order valence-electron chi connectivity index (χ4n) is 4.10. The lowest BCUT2D eigenvalue weighted by Gasteiger charge is -2.10. The van der Waals surface area contributed by atoms with Gasteiger partial charge in [-0.2, -0.15) is 13.2 Å². The van der Waals surface area contributed by atoms with Crippen LogP contribution in [0.15, 0.2) is 73.1 Å². The SMILES string of the molecule is FC(F)(F)c1cnc2c3c(ccn12)c1ccccc1n3CCCc1ccccc1. The van der Waals surface area contributed by atoms with Crippen LogP contribution in [0.25, 0.3) is 27.5 Å². The third-order valence-corrected chi connectivity index (χ3v) is 5.39. The third-order valence-electron chi connectivity index (χ3n) is 5.39. The zero-order chi connectivity index (χ0) is 20.0.